The number of rotatable bonds is 1. The molecule has 0 aliphatic carbocycles. The number of aromatic hydroxyl groups is 1. The van der Waals surface area contributed by atoms with E-state index in [-0.39, 0.29) is 6.07 Å². The van der Waals surface area contributed by atoms with Crippen LogP contribution in [-0.2, 0) is 5.92 Å². The van der Waals surface area contributed by atoms with Crippen LogP contribution in [0.2, 0.25) is 0 Å². The molecule has 1 aromatic rings. The second-order valence-electron chi connectivity index (χ2n) is 2.47. The topological polar surface area (TPSA) is 33.1 Å². The molecule has 0 atom stereocenters. The summed E-state index contributed by atoms with van der Waals surface area (Å²) in [5.74, 6) is -5.75. The number of nitrogens with zero attached hydrogens (tertiary/aromatic N) is 1. The van der Waals surface area contributed by atoms with Gasteiger partial charge in [0.15, 0.2) is 0 Å². The molecule has 14 heavy (non-hydrogen) atoms. The lowest BCUT2D eigenvalue weighted by atomic mass is 10.2. The Kier molecular flexibility index (Phi) is 2.34. The lowest BCUT2D eigenvalue weighted by Gasteiger charge is -2.18. The number of pyridine rings is 1. The number of hydrogen-bond donors (Lipinski definition) is 1. The maximum atomic E-state index is 12.5. The summed E-state index contributed by atoms with van der Waals surface area (Å²) in [5, 5.41) is 8.70. The molecule has 0 bridgehead atoms. The van der Waals surface area contributed by atoms with Gasteiger partial charge in [0, 0.05) is 12.3 Å². The molecule has 0 spiro atoms. The summed E-state index contributed by atoms with van der Waals surface area (Å²) in [6.07, 6.45) is -5.04. The van der Waals surface area contributed by atoms with E-state index < -0.39 is 23.5 Å². The molecule has 0 saturated heterocycles. The molecule has 0 aliphatic rings. The van der Waals surface area contributed by atoms with Gasteiger partial charge in [0.25, 0.3) is 0 Å². The summed E-state index contributed by atoms with van der Waals surface area (Å²) < 4.78 is 60.4. The summed E-state index contributed by atoms with van der Waals surface area (Å²) in [6, 6.07) is 1.17. The van der Waals surface area contributed by atoms with E-state index in [0.717, 1.165) is 6.07 Å². The number of aromatic nitrogens is 1. The van der Waals surface area contributed by atoms with Crippen molar-refractivity contribution in [3.63, 3.8) is 0 Å². The van der Waals surface area contributed by atoms with Crippen LogP contribution in [0.5, 0.6) is 5.75 Å². The van der Waals surface area contributed by atoms with Gasteiger partial charge in [0.05, 0.1) is 0 Å². The van der Waals surface area contributed by atoms with E-state index in [4.69, 9.17) is 5.11 Å². The van der Waals surface area contributed by atoms with Crippen molar-refractivity contribution in [2.24, 2.45) is 0 Å². The van der Waals surface area contributed by atoms with Crippen molar-refractivity contribution in [3.05, 3.63) is 24.0 Å². The Bertz CT molecular complexity index is 335. The Morgan fingerprint density at radius 3 is 2.14 bits per heavy atom. The zero-order valence-electron chi connectivity index (χ0n) is 6.52. The largest absolute Gasteiger partial charge is 0.508 e. The van der Waals surface area contributed by atoms with E-state index in [2.05, 4.69) is 4.98 Å². The van der Waals surface area contributed by atoms with Crippen LogP contribution in [0.4, 0.5) is 22.0 Å². The first-order valence-electron chi connectivity index (χ1n) is 3.35. The van der Waals surface area contributed by atoms with Gasteiger partial charge in [0.1, 0.15) is 11.4 Å². The molecule has 7 heteroatoms. The molecule has 2 nitrogen and oxygen atoms in total. The average molecular weight is 213 g/mol. The fraction of sp³-hybridized carbons (Fsp3) is 0.286. The van der Waals surface area contributed by atoms with Gasteiger partial charge in [-0.25, -0.2) is 0 Å². The third-order valence-electron chi connectivity index (χ3n) is 1.42. The SMILES string of the molecule is Oc1ccnc(C(F)(F)C(F)(F)F)c1. The minimum absolute atomic E-state index is 0.271. The van der Waals surface area contributed by atoms with Crippen LogP contribution in [-0.4, -0.2) is 16.3 Å². The maximum absolute atomic E-state index is 12.5. The predicted molar refractivity (Wildman–Crippen MR) is 35.9 cm³/mol. The Balaban J connectivity index is 3.16. The highest BCUT2D eigenvalue weighted by Gasteiger charge is 2.59. The molecule has 1 rings (SSSR count). The summed E-state index contributed by atoms with van der Waals surface area (Å²) in [5.41, 5.74) is -1.52. The molecule has 0 aromatic carbocycles. The highest BCUT2D eigenvalue weighted by molar-refractivity contribution is 5.24. The average Bonchev–Trinajstić information content (AvgIpc) is 2.02. The Morgan fingerprint density at radius 2 is 1.71 bits per heavy atom. The van der Waals surface area contributed by atoms with Gasteiger partial charge >= 0.3 is 12.1 Å². The summed E-state index contributed by atoms with van der Waals surface area (Å²) in [4.78, 5) is 2.85. The fourth-order valence-corrected chi connectivity index (χ4v) is 0.736. The van der Waals surface area contributed by atoms with Gasteiger partial charge in [-0.1, -0.05) is 0 Å². The molecule has 0 saturated carbocycles. The highest BCUT2D eigenvalue weighted by Crippen LogP contribution is 2.43. The molecule has 78 valence electrons. The summed E-state index contributed by atoms with van der Waals surface area (Å²) in [6.45, 7) is 0. The van der Waals surface area contributed by atoms with E-state index in [9.17, 15) is 22.0 Å². The van der Waals surface area contributed by atoms with E-state index in [1.54, 1.807) is 0 Å². The predicted octanol–water partition coefficient (Wildman–Crippen LogP) is 2.44. The van der Waals surface area contributed by atoms with Crippen molar-refractivity contribution >= 4 is 0 Å². The standard InChI is InChI=1S/C7H4F5NO/c8-6(9,7(10,11)12)5-3-4(14)1-2-13-5/h1-3H,(H,13,14). The molecule has 0 radical (unpaired) electrons. The number of hydrogen-bond acceptors (Lipinski definition) is 2. The van der Waals surface area contributed by atoms with Crippen molar-refractivity contribution in [3.8, 4) is 5.75 Å². The third kappa shape index (κ3) is 1.75. The second-order valence-corrected chi connectivity index (χ2v) is 2.47. The van der Waals surface area contributed by atoms with Crippen molar-refractivity contribution in [2.75, 3.05) is 0 Å². The zero-order valence-corrected chi connectivity index (χ0v) is 6.52. The van der Waals surface area contributed by atoms with Crippen molar-refractivity contribution in [1.82, 2.24) is 4.98 Å². The third-order valence-corrected chi connectivity index (χ3v) is 1.42. The summed E-state index contributed by atoms with van der Waals surface area (Å²) >= 11 is 0. The van der Waals surface area contributed by atoms with Crippen LogP contribution >= 0.6 is 0 Å². The van der Waals surface area contributed by atoms with Crippen LogP contribution in [0.3, 0.4) is 0 Å². The minimum Gasteiger partial charge on any atom is -0.508 e. The van der Waals surface area contributed by atoms with Crippen LogP contribution < -0.4 is 0 Å². The molecular weight excluding hydrogens is 209 g/mol. The first kappa shape index (κ1) is 10.7. The van der Waals surface area contributed by atoms with E-state index in [1.807, 2.05) is 0 Å². The first-order chi connectivity index (χ1) is 6.25. The number of alkyl halides is 5. The Hall–Kier alpha value is -1.40. The number of halogens is 5. The summed E-state index contributed by atoms with van der Waals surface area (Å²) in [7, 11) is 0. The molecule has 0 fully saturated rings. The Labute approximate surface area is 75.0 Å². The molecule has 1 heterocycles. The molecule has 0 unspecified atom stereocenters. The van der Waals surface area contributed by atoms with Crippen molar-refractivity contribution in [1.29, 1.82) is 0 Å². The van der Waals surface area contributed by atoms with Gasteiger partial charge in [0.2, 0.25) is 0 Å². The van der Waals surface area contributed by atoms with Gasteiger partial charge in [-0.05, 0) is 6.07 Å². The van der Waals surface area contributed by atoms with Crippen LogP contribution in [0, 0.1) is 0 Å². The quantitative estimate of drug-likeness (QED) is 0.726. The van der Waals surface area contributed by atoms with E-state index >= 15 is 0 Å². The fourth-order valence-electron chi connectivity index (χ4n) is 0.736. The second kappa shape index (κ2) is 3.07. The zero-order chi connectivity index (χ0) is 11.0. The van der Waals surface area contributed by atoms with Gasteiger partial charge in [-0.2, -0.15) is 22.0 Å². The van der Waals surface area contributed by atoms with E-state index in [1.165, 1.54) is 0 Å². The Morgan fingerprint density at radius 1 is 1.14 bits per heavy atom. The maximum Gasteiger partial charge on any atom is 0.459 e. The van der Waals surface area contributed by atoms with Crippen LogP contribution in [0.1, 0.15) is 5.69 Å². The van der Waals surface area contributed by atoms with Gasteiger partial charge < -0.3 is 5.11 Å². The highest BCUT2D eigenvalue weighted by atomic mass is 19.4. The molecule has 1 aromatic heterocycles. The lowest BCUT2D eigenvalue weighted by molar-refractivity contribution is -0.291. The van der Waals surface area contributed by atoms with Crippen molar-refractivity contribution in [2.45, 2.75) is 12.1 Å². The molecule has 1 N–H and O–H groups in total. The van der Waals surface area contributed by atoms with Crippen LogP contribution in [0.15, 0.2) is 18.3 Å². The monoisotopic (exact) mass is 213 g/mol. The van der Waals surface area contributed by atoms with Crippen molar-refractivity contribution < 1.29 is 27.1 Å². The van der Waals surface area contributed by atoms with E-state index in [0.29, 0.717) is 6.20 Å². The lowest BCUT2D eigenvalue weighted by Crippen LogP contribution is -2.34. The molecular formula is C7H4F5NO. The van der Waals surface area contributed by atoms with Gasteiger partial charge in [-0.15, -0.1) is 0 Å². The first-order valence-corrected chi connectivity index (χ1v) is 3.35. The molecule has 0 amide bonds. The normalized spacial score (nSPS) is 12.9. The smallest absolute Gasteiger partial charge is 0.459 e. The minimum atomic E-state index is -5.71. The van der Waals surface area contributed by atoms with Crippen LogP contribution in [0.25, 0.3) is 0 Å². The van der Waals surface area contributed by atoms with Gasteiger partial charge in [-0.3, -0.25) is 4.98 Å². The molecule has 0 aliphatic heterocycles.